The summed E-state index contributed by atoms with van der Waals surface area (Å²) in [6.45, 7) is 9.68. The minimum Gasteiger partial charge on any atom is -0.314 e. The van der Waals surface area contributed by atoms with Crippen LogP contribution in [0.5, 0.6) is 0 Å². The van der Waals surface area contributed by atoms with Gasteiger partial charge in [-0.15, -0.1) is 11.3 Å². The van der Waals surface area contributed by atoms with E-state index in [-0.39, 0.29) is 0 Å². The van der Waals surface area contributed by atoms with Gasteiger partial charge >= 0.3 is 0 Å². The van der Waals surface area contributed by atoms with Crippen molar-refractivity contribution in [1.29, 1.82) is 0 Å². The molecule has 3 nitrogen and oxygen atoms in total. The molecule has 0 aliphatic carbocycles. The standard InChI is InChI=1S/C12H23N3S/c1-12(2,3)9-15(5)7-10-8-16-11(14-10)6-13-4/h8,13H,6-7,9H2,1-5H3. The molecule has 1 rings (SSSR count). The molecule has 1 aromatic rings. The Bertz CT molecular complexity index is 314. The third-order valence-corrected chi connectivity index (χ3v) is 3.00. The van der Waals surface area contributed by atoms with Crippen molar-refractivity contribution < 1.29 is 0 Å². The number of nitrogens with zero attached hydrogens (tertiary/aromatic N) is 2. The van der Waals surface area contributed by atoms with E-state index in [2.05, 4.69) is 48.4 Å². The molecule has 0 aliphatic heterocycles. The van der Waals surface area contributed by atoms with Gasteiger partial charge in [0.15, 0.2) is 0 Å². The van der Waals surface area contributed by atoms with Gasteiger partial charge in [0.25, 0.3) is 0 Å². The van der Waals surface area contributed by atoms with Crippen molar-refractivity contribution in [1.82, 2.24) is 15.2 Å². The molecule has 0 aliphatic rings. The fourth-order valence-electron chi connectivity index (χ4n) is 1.80. The van der Waals surface area contributed by atoms with Crippen LogP contribution in [0.25, 0.3) is 0 Å². The molecule has 0 spiro atoms. The minimum atomic E-state index is 0.346. The van der Waals surface area contributed by atoms with E-state index in [1.807, 2.05) is 7.05 Å². The lowest BCUT2D eigenvalue weighted by atomic mass is 9.96. The van der Waals surface area contributed by atoms with E-state index in [0.717, 1.165) is 19.6 Å². The van der Waals surface area contributed by atoms with Crippen molar-refractivity contribution in [3.63, 3.8) is 0 Å². The van der Waals surface area contributed by atoms with Gasteiger partial charge < -0.3 is 5.32 Å². The number of hydrogen-bond donors (Lipinski definition) is 1. The Morgan fingerprint density at radius 3 is 2.69 bits per heavy atom. The third-order valence-electron chi connectivity index (χ3n) is 2.10. The molecule has 92 valence electrons. The van der Waals surface area contributed by atoms with Gasteiger partial charge in [-0.3, -0.25) is 4.90 Å². The highest BCUT2D eigenvalue weighted by Crippen LogP contribution is 2.16. The largest absolute Gasteiger partial charge is 0.314 e. The van der Waals surface area contributed by atoms with Crippen LogP contribution in [-0.4, -0.2) is 30.5 Å². The zero-order valence-corrected chi connectivity index (χ0v) is 11.8. The van der Waals surface area contributed by atoms with Crippen molar-refractivity contribution in [2.75, 3.05) is 20.6 Å². The predicted octanol–water partition coefficient (Wildman–Crippen LogP) is 2.34. The number of thiazole rings is 1. The Morgan fingerprint density at radius 2 is 2.12 bits per heavy atom. The fourth-order valence-corrected chi connectivity index (χ4v) is 2.59. The predicted molar refractivity (Wildman–Crippen MR) is 70.7 cm³/mol. The molecule has 1 heterocycles. The minimum absolute atomic E-state index is 0.346. The Labute approximate surface area is 103 Å². The molecule has 0 unspecified atom stereocenters. The van der Waals surface area contributed by atoms with Crippen LogP contribution in [-0.2, 0) is 13.1 Å². The van der Waals surface area contributed by atoms with Crippen LogP contribution in [0.15, 0.2) is 5.38 Å². The van der Waals surface area contributed by atoms with Gasteiger partial charge in [-0.1, -0.05) is 20.8 Å². The maximum Gasteiger partial charge on any atom is 0.107 e. The maximum atomic E-state index is 4.58. The molecular weight excluding hydrogens is 218 g/mol. The molecule has 0 amide bonds. The van der Waals surface area contributed by atoms with Crippen molar-refractivity contribution in [3.05, 3.63) is 16.1 Å². The summed E-state index contributed by atoms with van der Waals surface area (Å²) in [5, 5.41) is 6.45. The lowest BCUT2D eigenvalue weighted by molar-refractivity contribution is 0.219. The van der Waals surface area contributed by atoms with Gasteiger partial charge in [0.1, 0.15) is 5.01 Å². The van der Waals surface area contributed by atoms with Gasteiger partial charge in [0.2, 0.25) is 0 Å². The summed E-state index contributed by atoms with van der Waals surface area (Å²) in [4.78, 5) is 6.92. The van der Waals surface area contributed by atoms with Crippen LogP contribution in [0.1, 0.15) is 31.5 Å². The van der Waals surface area contributed by atoms with Crippen LogP contribution in [0, 0.1) is 5.41 Å². The SMILES string of the molecule is CNCc1nc(CN(C)CC(C)(C)C)cs1. The van der Waals surface area contributed by atoms with E-state index in [4.69, 9.17) is 0 Å². The molecule has 1 N–H and O–H groups in total. The second-order valence-electron chi connectivity index (χ2n) is 5.50. The van der Waals surface area contributed by atoms with E-state index in [0.29, 0.717) is 5.41 Å². The summed E-state index contributed by atoms with van der Waals surface area (Å²) in [5.74, 6) is 0. The van der Waals surface area contributed by atoms with E-state index in [1.165, 1.54) is 10.7 Å². The Morgan fingerprint density at radius 1 is 1.44 bits per heavy atom. The number of aromatic nitrogens is 1. The average Bonchev–Trinajstić information content (AvgIpc) is 2.49. The Balaban J connectivity index is 2.46. The molecule has 0 bridgehead atoms. The van der Waals surface area contributed by atoms with Crippen LogP contribution in [0.2, 0.25) is 0 Å². The fraction of sp³-hybridized carbons (Fsp3) is 0.750. The molecule has 16 heavy (non-hydrogen) atoms. The molecular formula is C12H23N3S. The number of rotatable bonds is 5. The highest BCUT2D eigenvalue weighted by Gasteiger charge is 2.14. The van der Waals surface area contributed by atoms with Crippen molar-refractivity contribution in [3.8, 4) is 0 Å². The zero-order chi connectivity index (χ0) is 12.2. The first-order valence-corrected chi connectivity index (χ1v) is 6.55. The molecule has 0 fully saturated rings. The van der Waals surface area contributed by atoms with E-state index >= 15 is 0 Å². The normalized spacial score (nSPS) is 12.4. The lowest BCUT2D eigenvalue weighted by Crippen LogP contribution is -2.28. The highest BCUT2D eigenvalue weighted by atomic mass is 32.1. The summed E-state index contributed by atoms with van der Waals surface area (Å²) in [6.07, 6.45) is 0. The molecule has 0 radical (unpaired) electrons. The van der Waals surface area contributed by atoms with Crippen LogP contribution in [0.4, 0.5) is 0 Å². The Kier molecular flexibility index (Phi) is 4.89. The topological polar surface area (TPSA) is 28.2 Å². The quantitative estimate of drug-likeness (QED) is 0.857. The zero-order valence-electron chi connectivity index (χ0n) is 11.0. The van der Waals surface area contributed by atoms with Crippen molar-refractivity contribution in [2.24, 2.45) is 5.41 Å². The second kappa shape index (κ2) is 5.75. The van der Waals surface area contributed by atoms with E-state index < -0.39 is 0 Å². The number of hydrogen-bond acceptors (Lipinski definition) is 4. The molecule has 4 heteroatoms. The lowest BCUT2D eigenvalue weighted by Gasteiger charge is -2.25. The van der Waals surface area contributed by atoms with E-state index in [1.54, 1.807) is 11.3 Å². The maximum absolute atomic E-state index is 4.58. The summed E-state index contributed by atoms with van der Waals surface area (Å²) < 4.78 is 0. The van der Waals surface area contributed by atoms with Crippen molar-refractivity contribution >= 4 is 11.3 Å². The van der Waals surface area contributed by atoms with Gasteiger partial charge in [0, 0.05) is 25.0 Å². The molecule has 0 atom stereocenters. The van der Waals surface area contributed by atoms with Gasteiger partial charge in [-0.2, -0.15) is 0 Å². The van der Waals surface area contributed by atoms with Crippen LogP contribution in [0.3, 0.4) is 0 Å². The van der Waals surface area contributed by atoms with Crippen LogP contribution < -0.4 is 5.32 Å². The summed E-state index contributed by atoms with van der Waals surface area (Å²) in [5.41, 5.74) is 1.53. The molecule has 0 saturated carbocycles. The van der Waals surface area contributed by atoms with Crippen LogP contribution >= 0.6 is 11.3 Å². The second-order valence-corrected chi connectivity index (χ2v) is 6.44. The van der Waals surface area contributed by atoms with E-state index in [9.17, 15) is 0 Å². The van der Waals surface area contributed by atoms with Gasteiger partial charge in [-0.05, 0) is 19.5 Å². The Hall–Kier alpha value is -0.450. The molecule has 0 saturated heterocycles. The molecule has 1 aromatic heterocycles. The summed E-state index contributed by atoms with van der Waals surface area (Å²) in [6, 6.07) is 0. The molecule has 0 aromatic carbocycles. The third kappa shape index (κ3) is 5.05. The highest BCUT2D eigenvalue weighted by molar-refractivity contribution is 7.09. The van der Waals surface area contributed by atoms with Gasteiger partial charge in [0.05, 0.1) is 5.69 Å². The first-order chi connectivity index (χ1) is 7.40. The summed E-state index contributed by atoms with van der Waals surface area (Å²) in [7, 11) is 4.11. The van der Waals surface area contributed by atoms with Gasteiger partial charge in [-0.25, -0.2) is 4.98 Å². The smallest absolute Gasteiger partial charge is 0.107 e. The number of nitrogens with one attached hydrogen (secondary N) is 1. The summed E-state index contributed by atoms with van der Waals surface area (Å²) >= 11 is 1.73. The monoisotopic (exact) mass is 241 g/mol. The average molecular weight is 241 g/mol. The first-order valence-electron chi connectivity index (χ1n) is 5.67. The van der Waals surface area contributed by atoms with Crippen molar-refractivity contribution in [2.45, 2.75) is 33.9 Å². The first kappa shape index (κ1) is 13.6.